The lowest BCUT2D eigenvalue weighted by Gasteiger charge is -2.21. The third-order valence-electron chi connectivity index (χ3n) is 5.76. The van der Waals surface area contributed by atoms with E-state index in [9.17, 15) is 14.4 Å². The summed E-state index contributed by atoms with van der Waals surface area (Å²) in [5.41, 5.74) is 1.98. The summed E-state index contributed by atoms with van der Waals surface area (Å²) in [5, 5.41) is 5.83. The zero-order valence-corrected chi connectivity index (χ0v) is 19.1. The van der Waals surface area contributed by atoms with Crippen molar-refractivity contribution in [3.8, 4) is 5.75 Å². The van der Waals surface area contributed by atoms with E-state index in [1.807, 2.05) is 18.2 Å². The van der Waals surface area contributed by atoms with E-state index in [-0.39, 0.29) is 18.4 Å². The quantitative estimate of drug-likeness (QED) is 0.390. The Hall–Kier alpha value is -3.35. The second kappa shape index (κ2) is 12.6. The zero-order valence-electron chi connectivity index (χ0n) is 19.1. The Labute approximate surface area is 194 Å². The van der Waals surface area contributed by atoms with Crippen molar-refractivity contribution in [3.63, 3.8) is 0 Å². The SMILES string of the molecule is CCOC(=O)Oc1ccc(C(=O)Nc2cccc(CNC(=O)CCC3CCCCC3)c2)cc1. The van der Waals surface area contributed by atoms with Gasteiger partial charge in [0.05, 0.1) is 6.61 Å². The van der Waals surface area contributed by atoms with Gasteiger partial charge in [-0.1, -0.05) is 44.2 Å². The number of carbonyl (C=O) groups is 3. The fraction of sp³-hybridized carbons (Fsp3) is 0.423. The van der Waals surface area contributed by atoms with Crippen molar-refractivity contribution in [3.05, 3.63) is 59.7 Å². The largest absolute Gasteiger partial charge is 0.513 e. The maximum Gasteiger partial charge on any atom is 0.513 e. The van der Waals surface area contributed by atoms with Crippen molar-refractivity contribution in [1.82, 2.24) is 5.32 Å². The van der Waals surface area contributed by atoms with Gasteiger partial charge in [0.2, 0.25) is 5.91 Å². The minimum atomic E-state index is -0.785. The van der Waals surface area contributed by atoms with Crippen LogP contribution in [0.25, 0.3) is 0 Å². The van der Waals surface area contributed by atoms with Crippen LogP contribution in [0, 0.1) is 5.92 Å². The molecule has 176 valence electrons. The van der Waals surface area contributed by atoms with Crippen LogP contribution < -0.4 is 15.4 Å². The molecule has 2 aromatic carbocycles. The van der Waals surface area contributed by atoms with Gasteiger partial charge in [-0.25, -0.2) is 4.79 Å². The highest BCUT2D eigenvalue weighted by Gasteiger charge is 2.15. The molecule has 3 rings (SSSR count). The fourth-order valence-corrected chi connectivity index (χ4v) is 3.98. The van der Waals surface area contributed by atoms with Gasteiger partial charge >= 0.3 is 6.16 Å². The Balaban J connectivity index is 1.46. The number of anilines is 1. The monoisotopic (exact) mass is 452 g/mol. The summed E-state index contributed by atoms with van der Waals surface area (Å²) in [5.74, 6) is 0.770. The third kappa shape index (κ3) is 8.25. The first-order valence-corrected chi connectivity index (χ1v) is 11.6. The molecule has 1 aliphatic rings. The van der Waals surface area contributed by atoms with Gasteiger partial charge in [-0.05, 0) is 61.2 Å². The molecule has 7 nitrogen and oxygen atoms in total. The maximum atomic E-state index is 12.5. The van der Waals surface area contributed by atoms with Gasteiger partial charge in [0, 0.05) is 24.2 Å². The van der Waals surface area contributed by atoms with Crippen LogP contribution in [0.4, 0.5) is 10.5 Å². The number of hydrogen-bond donors (Lipinski definition) is 2. The zero-order chi connectivity index (χ0) is 23.5. The van der Waals surface area contributed by atoms with Gasteiger partial charge in [0.25, 0.3) is 5.91 Å². The molecular weight excluding hydrogens is 420 g/mol. The first kappa shape index (κ1) is 24.3. The van der Waals surface area contributed by atoms with Crippen LogP contribution in [0.3, 0.4) is 0 Å². The number of hydrogen-bond acceptors (Lipinski definition) is 5. The van der Waals surface area contributed by atoms with Gasteiger partial charge in [0.15, 0.2) is 0 Å². The fourth-order valence-electron chi connectivity index (χ4n) is 3.98. The molecule has 2 aromatic rings. The predicted octanol–water partition coefficient (Wildman–Crippen LogP) is 5.45. The lowest BCUT2D eigenvalue weighted by molar-refractivity contribution is -0.121. The molecule has 0 radical (unpaired) electrons. The number of ether oxygens (including phenoxy) is 2. The molecule has 2 amide bonds. The minimum Gasteiger partial charge on any atom is -0.434 e. The van der Waals surface area contributed by atoms with Crippen molar-refractivity contribution in [2.75, 3.05) is 11.9 Å². The molecule has 0 aromatic heterocycles. The highest BCUT2D eigenvalue weighted by molar-refractivity contribution is 6.04. The molecule has 33 heavy (non-hydrogen) atoms. The van der Waals surface area contributed by atoms with Crippen molar-refractivity contribution in [2.45, 2.75) is 58.4 Å². The van der Waals surface area contributed by atoms with E-state index >= 15 is 0 Å². The van der Waals surface area contributed by atoms with Gasteiger partial charge in [-0.2, -0.15) is 0 Å². The van der Waals surface area contributed by atoms with Gasteiger partial charge < -0.3 is 20.1 Å². The summed E-state index contributed by atoms with van der Waals surface area (Å²) in [6.45, 7) is 2.34. The smallest absolute Gasteiger partial charge is 0.434 e. The topological polar surface area (TPSA) is 93.7 Å². The molecule has 0 heterocycles. The molecule has 0 unspecified atom stereocenters. The molecule has 1 fully saturated rings. The third-order valence-corrected chi connectivity index (χ3v) is 5.76. The van der Waals surface area contributed by atoms with Crippen LogP contribution in [0.1, 0.15) is 67.8 Å². The summed E-state index contributed by atoms with van der Waals surface area (Å²) in [6.07, 6.45) is 7.14. The number of benzene rings is 2. The molecule has 0 saturated heterocycles. The Kier molecular flexibility index (Phi) is 9.30. The van der Waals surface area contributed by atoms with E-state index in [4.69, 9.17) is 9.47 Å². The highest BCUT2D eigenvalue weighted by Crippen LogP contribution is 2.27. The van der Waals surface area contributed by atoms with Crippen molar-refractivity contribution >= 4 is 23.7 Å². The number of amides is 2. The Bertz CT molecular complexity index is 936. The summed E-state index contributed by atoms with van der Waals surface area (Å²) < 4.78 is 9.72. The van der Waals surface area contributed by atoms with Crippen LogP contribution in [0.5, 0.6) is 5.75 Å². The van der Waals surface area contributed by atoms with Gasteiger partial charge in [0.1, 0.15) is 5.75 Å². The normalized spacial score (nSPS) is 13.7. The van der Waals surface area contributed by atoms with Crippen LogP contribution in [0.2, 0.25) is 0 Å². The molecule has 1 saturated carbocycles. The van der Waals surface area contributed by atoms with Crippen LogP contribution in [0.15, 0.2) is 48.5 Å². The average molecular weight is 453 g/mol. The van der Waals surface area contributed by atoms with Crippen molar-refractivity contribution in [1.29, 1.82) is 0 Å². The van der Waals surface area contributed by atoms with E-state index in [2.05, 4.69) is 10.6 Å². The maximum absolute atomic E-state index is 12.5. The van der Waals surface area contributed by atoms with Gasteiger partial charge in [-0.3, -0.25) is 9.59 Å². The number of nitrogens with one attached hydrogen (secondary N) is 2. The first-order chi connectivity index (χ1) is 16.0. The van der Waals surface area contributed by atoms with E-state index in [0.29, 0.717) is 35.9 Å². The second-order valence-corrected chi connectivity index (χ2v) is 8.28. The van der Waals surface area contributed by atoms with Gasteiger partial charge in [-0.15, -0.1) is 0 Å². The summed E-state index contributed by atoms with van der Waals surface area (Å²) >= 11 is 0. The van der Waals surface area contributed by atoms with Crippen LogP contribution in [-0.2, 0) is 16.1 Å². The molecule has 0 spiro atoms. The summed E-state index contributed by atoms with van der Waals surface area (Å²) in [6, 6.07) is 13.6. The van der Waals surface area contributed by atoms with E-state index in [1.165, 1.54) is 44.2 Å². The Morgan fingerprint density at radius 2 is 1.76 bits per heavy atom. The first-order valence-electron chi connectivity index (χ1n) is 11.6. The molecular formula is C26H32N2O5. The minimum absolute atomic E-state index is 0.0696. The number of rotatable bonds is 9. The Morgan fingerprint density at radius 3 is 2.48 bits per heavy atom. The Morgan fingerprint density at radius 1 is 1.00 bits per heavy atom. The molecule has 0 atom stereocenters. The molecule has 7 heteroatoms. The molecule has 2 N–H and O–H groups in total. The lowest BCUT2D eigenvalue weighted by atomic mass is 9.86. The summed E-state index contributed by atoms with van der Waals surface area (Å²) in [4.78, 5) is 36.1. The van der Waals surface area contributed by atoms with Crippen LogP contribution in [-0.4, -0.2) is 24.6 Å². The van der Waals surface area contributed by atoms with E-state index in [1.54, 1.807) is 25.1 Å². The van der Waals surface area contributed by atoms with E-state index in [0.717, 1.165) is 12.0 Å². The van der Waals surface area contributed by atoms with Crippen molar-refractivity contribution < 1.29 is 23.9 Å². The highest BCUT2D eigenvalue weighted by atomic mass is 16.7. The number of carbonyl (C=O) groups excluding carboxylic acids is 3. The molecule has 0 aliphatic heterocycles. The molecule has 0 bridgehead atoms. The molecule has 1 aliphatic carbocycles. The standard InChI is InChI=1S/C26H32N2O5/c1-2-32-26(31)33-23-14-12-21(13-15-23)25(30)28-22-10-6-9-20(17-22)18-27-24(29)16-11-19-7-4-3-5-8-19/h6,9-10,12-15,17,19H,2-5,7-8,11,16,18H2,1H3,(H,27,29)(H,28,30). The summed E-state index contributed by atoms with van der Waals surface area (Å²) in [7, 11) is 0. The lowest BCUT2D eigenvalue weighted by Crippen LogP contribution is -2.23. The predicted molar refractivity (Wildman–Crippen MR) is 126 cm³/mol. The van der Waals surface area contributed by atoms with Crippen molar-refractivity contribution in [2.24, 2.45) is 5.92 Å². The average Bonchev–Trinajstić information content (AvgIpc) is 2.83. The second-order valence-electron chi connectivity index (χ2n) is 8.28. The van der Waals surface area contributed by atoms with Crippen LogP contribution >= 0.6 is 0 Å². The van der Waals surface area contributed by atoms with E-state index < -0.39 is 6.16 Å².